The van der Waals surface area contributed by atoms with Gasteiger partial charge < -0.3 is 16.0 Å². The van der Waals surface area contributed by atoms with Crippen LogP contribution in [0.1, 0.15) is 5.56 Å². The van der Waals surface area contributed by atoms with Crippen molar-refractivity contribution in [3.8, 4) is 6.07 Å². The summed E-state index contributed by atoms with van der Waals surface area (Å²) in [4.78, 5) is 6.17. The first kappa shape index (κ1) is 12.7. The Morgan fingerprint density at radius 2 is 2.05 bits per heavy atom. The zero-order valence-corrected chi connectivity index (χ0v) is 10.9. The molecule has 0 saturated heterocycles. The average Bonchev–Trinajstić information content (AvgIpc) is 2.41. The van der Waals surface area contributed by atoms with Gasteiger partial charge in [0.2, 0.25) is 0 Å². The van der Waals surface area contributed by atoms with Crippen molar-refractivity contribution in [2.24, 2.45) is 0 Å². The fraction of sp³-hybridized carbons (Fsp3) is 0.143. The molecule has 1 heterocycles. The molecule has 0 fully saturated rings. The summed E-state index contributed by atoms with van der Waals surface area (Å²) in [6.07, 6.45) is 1.50. The van der Waals surface area contributed by atoms with Gasteiger partial charge >= 0.3 is 0 Å². The Labute approximate surface area is 112 Å². The predicted molar refractivity (Wildman–Crippen MR) is 77.4 cm³/mol. The molecule has 3 N–H and O–H groups in total. The summed E-state index contributed by atoms with van der Waals surface area (Å²) in [5.41, 5.74) is 8.73. The molecule has 5 nitrogen and oxygen atoms in total. The van der Waals surface area contributed by atoms with Crippen molar-refractivity contribution in [2.45, 2.75) is 0 Å². The summed E-state index contributed by atoms with van der Waals surface area (Å²) in [5, 5.41) is 12.0. The molecule has 0 unspecified atom stereocenters. The second kappa shape index (κ2) is 5.27. The van der Waals surface area contributed by atoms with E-state index in [1.54, 1.807) is 6.07 Å². The molecule has 19 heavy (non-hydrogen) atoms. The molecular formula is C14H15N5. The number of nitriles is 1. The minimum Gasteiger partial charge on any atom is -0.396 e. The van der Waals surface area contributed by atoms with Gasteiger partial charge in [0.05, 0.1) is 22.6 Å². The van der Waals surface area contributed by atoms with Crippen LogP contribution in [0.4, 0.5) is 22.9 Å². The van der Waals surface area contributed by atoms with Crippen LogP contribution in [-0.2, 0) is 0 Å². The lowest BCUT2D eigenvalue weighted by atomic mass is 10.2. The molecule has 96 valence electrons. The largest absolute Gasteiger partial charge is 0.396 e. The van der Waals surface area contributed by atoms with Gasteiger partial charge in [-0.15, -0.1) is 0 Å². The average molecular weight is 253 g/mol. The molecule has 2 aromatic rings. The van der Waals surface area contributed by atoms with Crippen LogP contribution in [0, 0.1) is 11.3 Å². The van der Waals surface area contributed by atoms with Crippen molar-refractivity contribution < 1.29 is 0 Å². The van der Waals surface area contributed by atoms with Gasteiger partial charge in [-0.1, -0.05) is 12.1 Å². The van der Waals surface area contributed by atoms with Crippen LogP contribution >= 0.6 is 0 Å². The summed E-state index contributed by atoms with van der Waals surface area (Å²) in [6.45, 7) is 0. The molecule has 1 aromatic carbocycles. The lowest BCUT2D eigenvalue weighted by Gasteiger charge is -2.18. The third kappa shape index (κ3) is 2.75. The number of hydrogen-bond donors (Lipinski definition) is 2. The van der Waals surface area contributed by atoms with Crippen molar-refractivity contribution in [3.05, 3.63) is 42.1 Å². The summed E-state index contributed by atoms with van der Waals surface area (Å²) in [6, 6.07) is 11.5. The monoisotopic (exact) mass is 253 g/mol. The second-order valence-corrected chi connectivity index (χ2v) is 4.31. The molecule has 1 aromatic heterocycles. The van der Waals surface area contributed by atoms with Gasteiger partial charge in [-0.05, 0) is 18.2 Å². The number of nitrogens with one attached hydrogen (secondary N) is 1. The topological polar surface area (TPSA) is 78.0 Å². The molecule has 0 aliphatic heterocycles. The third-order valence-corrected chi connectivity index (χ3v) is 2.69. The maximum atomic E-state index is 8.79. The number of para-hydroxylation sites is 2. The molecule has 0 radical (unpaired) electrons. The van der Waals surface area contributed by atoms with E-state index in [0.717, 1.165) is 11.4 Å². The molecule has 0 spiro atoms. The number of nitrogens with zero attached hydrogens (tertiary/aromatic N) is 3. The Morgan fingerprint density at radius 3 is 2.68 bits per heavy atom. The maximum absolute atomic E-state index is 8.79. The van der Waals surface area contributed by atoms with E-state index in [1.807, 2.05) is 49.3 Å². The maximum Gasteiger partial charge on any atom is 0.153 e. The second-order valence-electron chi connectivity index (χ2n) is 4.31. The van der Waals surface area contributed by atoms with E-state index in [2.05, 4.69) is 10.3 Å². The molecule has 0 amide bonds. The van der Waals surface area contributed by atoms with Gasteiger partial charge in [-0.2, -0.15) is 5.26 Å². The predicted octanol–water partition coefficient (Wildman–Crippen LogP) is 2.35. The van der Waals surface area contributed by atoms with Crippen LogP contribution in [-0.4, -0.2) is 19.1 Å². The van der Waals surface area contributed by atoms with Gasteiger partial charge in [0.25, 0.3) is 0 Å². The molecule has 0 bridgehead atoms. The number of nitrogens with two attached hydrogens (primary N) is 1. The fourth-order valence-corrected chi connectivity index (χ4v) is 1.74. The smallest absolute Gasteiger partial charge is 0.153 e. The zero-order chi connectivity index (χ0) is 13.8. The summed E-state index contributed by atoms with van der Waals surface area (Å²) >= 11 is 0. The fourth-order valence-electron chi connectivity index (χ4n) is 1.74. The standard InChI is InChI=1S/C14H15N5/c1-19(2)13-6-4-3-5-12(13)18-14-11(16)7-10(8-15)9-17-14/h3-7,9H,16H2,1-2H3,(H,17,18). The highest BCUT2D eigenvalue weighted by Crippen LogP contribution is 2.28. The van der Waals surface area contributed by atoms with E-state index in [1.165, 1.54) is 6.20 Å². The highest BCUT2D eigenvalue weighted by atomic mass is 15.1. The quantitative estimate of drug-likeness (QED) is 0.877. The highest BCUT2D eigenvalue weighted by molar-refractivity contribution is 5.78. The first-order valence-corrected chi connectivity index (χ1v) is 5.81. The van der Waals surface area contributed by atoms with E-state index < -0.39 is 0 Å². The minimum absolute atomic E-state index is 0.448. The van der Waals surface area contributed by atoms with Gasteiger partial charge in [0.15, 0.2) is 5.82 Å². The van der Waals surface area contributed by atoms with E-state index >= 15 is 0 Å². The molecule has 2 rings (SSSR count). The van der Waals surface area contributed by atoms with Crippen molar-refractivity contribution >= 4 is 22.9 Å². The Morgan fingerprint density at radius 1 is 1.32 bits per heavy atom. The van der Waals surface area contributed by atoms with E-state index in [4.69, 9.17) is 11.0 Å². The van der Waals surface area contributed by atoms with Crippen molar-refractivity contribution in [3.63, 3.8) is 0 Å². The number of aromatic nitrogens is 1. The van der Waals surface area contributed by atoms with Crippen LogP contribution < -0.4 is 16.0 Å². The van der Waals surface area contributed by atoms with Crippen molar-refractivity contribution in [2.75, 3.05) is 30.0 Å². The Hall–Kier alpha value is -2.74. The Kier molecular flexibility index (Phi) is 3.53. The minimum atomic E-state index is 0.448. The molecule has 5 heteroatoms. The van der Waals surface area contributed by atoms with Gasteiger partial charge in [-0.25, -0.2) is 4.98 Å². The number of rotatable bonds is 3. The van der Waals surface area contributed by atoms with Crippen LogP contribution in [0.3, 0.4) is 0 Å². The molecule has 0 atom stereocenters. The number of nitrogen functional groups attached to an aromatic ring is 1. The van der Waals surface area contributed by atoms with Crippen LogP contribution in [0.2, 0.25) is 0 Å². The third-order valence-electron chi connectivity index (χ3n) is 2.69. The van der Waals surface area contributed by atoms with Crippen molar-refractivity contribution in [1.82, 2.24) is 4.98 Å². The van der Waals surface area contributed by atoms with Crippen molar-refractivity contribution in [1.29, 1.82) is 5.26 Å². The van der Waals surface area contributed by atoms with Gasteiger partial charge in [0.1, 0.15) is 6.07 Å². The zero-order valence-electron chi connectivity index (χ0n) is 10.9. The van der Waals surface area contributed by atoms with Gasteiger partial charge in [0, 0.05) is 20.3 Å². The SMILES string of the molecule is CN(C)c1ccccc1Nc1ncc(C#N)cc1N. The number of pyridine rings is 1. The first-order valence-electron chi connectivity index (χ1n) is 5.81. The summed E-state index contributed by atoms with van der Waals surface area (Å²) in [5.74, 6) is 0.549. The van der Waals surface area contributed by atoms with E-state index in [9.17, 15) is 0 Å². The van der Waals surface area contributed by atoms with Crippen LogP contribution in [0.25, 0.3) is 0 Å². The number of anilines is 4. The number of hydrogen-bond acceptors (Lipinski definition) is 5. The Bertz CT molecular complexity index is 628. The first-order chi connectivity index (χ1) is 9.11. The summed E-state index contributed by atoms with van der Waals surface area (Å²) in [7, 11) is 3.94. The lowest BCUT2D eigenvalue weighted by molar-refractivity contribution is 1.13. The van der Waals surface area contributed by atoms with E-state index in [0.29, 0.717) is 17.1 Å². The van der Waals surface area contributed by atoms with Crippen LogP contribution in [0.5, 0.6) is 0 Å². The molecule has 0 aliphatic rings. The number of benzene rings is 1. The molecular weight excluding hydrogens is 238 g/mol. The van der Waals surface area contributed by atoms with Crippen LogP contribution in [0.15, 0.2) is 36.5 Å². The summed E-state index contributed by atoms with van der Waals surface area (Å²) < 4.78 is 0. The molecule has 0 aliphatic carbocycles. The normalized spacial score (nSPS) is 9.74. The van der Waals surface area contributed by atoms with E-state index in [-0.39, 0.29) is 0 Å². The lowest BCUT2D eigenvalue weighted by Crippen LogP contribution is -2.11. The highest BCUT2D eigenvalue weighted by Gasteiger charge is 2.07. The van der Waals surface area contributed by atoms with Gasteiger partial charge in [-0.3, -0.25) is 0 Å². The molecule has 0 saturated carbocycles. The Balaban J connectivity index is 2.34.